The lowest BCUT2D eigenvalue weighted by Gasteiger charge is -2.05. The molecule has 0 rings (SSSR count). The second-order valence-electron chi connectivity index (χ2n) is 2.40. The van der Waals surface area contributed by atoms with Crippen molar-refractivity contribution in [2.75, 3.05) is 12.3 Å². The van der Waals surface area contributed by atoms with Gasteiger partial charge in [-0.25, -0.2) is 0 Å². The minimum atomic E-state index is -4.16. The number of nitrogens with one attached hydrogen (secondary N) is 1. The summed E-state index contributed by atoms with van der Waals surface area (Å²) >= 11 is 0.585. The van der Waals surface area contributed by atoms with Crippen molar-refractivity contribution in [1.29, 1.82) is 0 Å². The van der Waals surface area contributed by atoms with Crippen LogP contribution in [0, 0.1) is 0 Å². The number of rotatable bonds is 5. The number of thioether (sulfide) groups is 1. The van der Waals surface area contributed by atoms with Crippen molar-refractivity contribution in [1.82, 2.24) is 5.32 Å². The van der Waals surface area contributed by atoms with E-state index in [9.17, 15) is 13.2 Å². The Morgan fingerprint density at radius 3 is 2.62 bits per heavy atom. The number of hydrogen-bond donors (Lipinski definition) is 2. The van der Waals surface area contributed by atoms with E-state index in [2.05, 4.69) is 5.32 Å². The molecule has 0 radical (unpaired) electrons. The van der Waals surface area contributed by atoms with Gasteiger partial charge in [0, 0.05) is 12.7 Å². The molecule has 0 heterocycles. The van der Waals surface area contributed by atoms with Gasteiger partial charge in [-0.15, -0.1) is 0 Å². The molecule has 78 valence electrons. The van der Waals surface area contributed by atoms with Crippen LogP contribution in [0.15, 0.2) is 11.2 Å². The second kappa shape index (κ2) is 6.01. The van der Waals surface area contributed by atoms with E-state index in [1.54, 1.807) is 0 Å². The molecule has 0 aliphatic rings. The molecule has 13 heavy (non-hydrogen) atoms. The zero-order chi connectivity index (χ0) is 10.3. The molecule has 0 fully saturated rings. The fraction of sp³-hybridized carbons (Fsp3) is 0.714. The first kappa shape index (κ1) is 12.5. The SMILES string of the molecule is CCCN/C=C(\N)SCC(F)(F)F. The van der Waals surface area contributed by atoms with Crippen LogP contribution < -0.4 is 11.1 Å². The van der Waals surface area contributed by atoms with E-state index < -0.39 is 11.9 Å². The van der Waals surface area contributed by atoms with Gasteiger partial charge in [0.2, 0.25) is 0 Å². The standard InChI is InChI=1S/C7H13F3N2S/c1-2-3-12-4-6(11)13-5-7(8,9)10/h4,12H,2-3,5,11H2,1H3/b6-4+. The summed E-state index contributed by atoms with van der Waals surface area (Å²) < 4.78 is 35.0. The first-order valence-electron chi connectivity index (χ1n) is 3.84. The summed E-state index contributed by atoms with van der Waals surface area (Å²) in [6.45, 7) is 2.67. The van der Waals surface area contributed by atoms with Crippen LogP contribution in [0.1, 0.15) is 13.3 Å². The molecule has 0 aliphatic heterocycles. The first-order chi connectivity index (χ1) is 5.95. The highest BCUT2D eigenvalue weighted by Gasteiger charge is 2.27. The molecular weight excluding hydrogens is 201 g/mol. The van der Waals surface area contributed by atoms with E-state index >= 15 is 0 Å². The predicted octanol–water partition coefficient (Wildman–Crippen LogP) is 2.04. The van der Waals surface area contributed by atoms with Gasteiger partial charge in [0.05, 0.1) is 10.8 Å². The van der Waals surface area contributed by atoms with Crippen LogP contribution in [-0.2, 0) is 0 Å². The largest absolute Gasteiger partial charge is 0.398 e. The molecular formula is C7H13F3N2S. The first-order valence-corrected chi connectivity index (χ1v) is 4.83. The fourth-order valence-electron chi connectivity index (χ4n) is 0.524. The highest BCUT2D eigenvalue weighted by atomic mass is 32.2. The van der Waals surface area contributed by atoms with E-state index in [1.807, 2.05) is 6.92 Å². The predicted molar refractivity (Wildman–Crippen MR) is 49.1 cm³/mol. The monoisotopic (exact) mass is 214 g/mol. The maximum atomic E-state index is 11.7. The molecule has 2 nitrogen and oxygen atoms in total. The van der Waals surface area contributed by atoms with E-state index in [0.717, 1.165) is 6.42 Å². The lowest BCUT2D eigenvalue weighted by Crippen LogP contribution is -2.14. The lowest BCUT2D eigenvalue weighted by atomic mass is 10.5. The van der Waals surface area contributed by atoms with Crippen molar-refractivity contribution in [2.45, 2.75) is 19.5 Å². The average molecular weight is 214 g/mol. The molecule has 0 aromatic rings. The Morgan fingerprint density at radius 2 is 2.15 bits per heavy atom. The van der Waals surface area contributed by atoms with Crippen LogP contribution >= 0.6 is 11.8 Å². The number of halogens is 3. The Kier molecular flexibility index (Phi) is 5.77. The van der Waals surface area contributed by atoms with Crippen LogP contribution in [0.2, 0.25) is 0 Å². The van der Waals surface area contributed by atoms with E-state index in [-0.39, 0.29) is 5.03 Å². The Balaban J connectivity index is 3.61. The normalized spacial score (nSPS) is 13.1. The van der Waals surface area contributed by atoms with E-state index in [0.29, 0.717) is 18.3 Å². The molecule has 0 amide bonds. The maximum absolute atomic E-state index is 11.7. The van der Waals surface area contributed by atoms with Crippen LogP contribution in [0.3, 0.4) is 0 Å². The maximum Gasteiger partial charge on any atom is 0.398 e. The molecule has 6 heteroatoms. The van der Waals surface area contributed by atoms with Crippen LogP contribution in [-0.4, -0.2) is 18.5 Å². The lowest BCUT2D eigenvalue weighted by molar-refractivity contribution is -0.105. The van der Waals surface area contributed by atoms with Gasteiger partial charge in [-0.1, -0.05) is 18.7 Å². The second-order valence-corrected chi connectivity index (χ2v) is 3.45. The Labute approximate surface area is 79.7 Å². The molecule has 0 aliphatic carbocycles. The summed E-state index contributed by atoms with van der Waals surface area (Å²) in [6.07, 6.45) is -1.85. The Morgan fingerprint density at radius 1 is 1.54 bits per heavy atom. The third kappa shape index (κ3) is 9.39. The van der Waals surface area contributed by atoms with E-state index in [1.165, 1.54) is 6.20 Å². The van der Waals surface area contributed by atoms with Crippen molar-refractivity contribution in [3.05, 3.63) is 11.2 Å². The zero-order valence-electron chi connectivity index (χ0n) is 7.32. The summed E-state index contributed by atoms with van der Waals surface area (Å²) in [5.41, 5.74) is 5.28. The van der Waals surface area contributed by atoms with Gasteiger partial charge < -0.3 is 11.1 Å². The smallest absolute Gasteiger partial charge is 0.392 e. The number of hydrogen-bond acceptors (Lipinski definition) is 3. The molecule has 0 bridgehead atoms. The van der Waals surface area contributed by atoms with Gasteiger partial charge in [0.15, 0.2) is 0 Å². The third-order valence-corrected chi connectivity index (χ3v) is 1.96. The topological polar surface area (TPSA) is 38.0 Å². The van der Waals surface area contributed by atoms with E-state index in [4.69, 9.17) is 5.73 Å². The van der Waals surface area contributed by atoms with Gasteiger partial charge in [-0.2, -0.15) is 13.2 Å². The van der Waals surface area contributed by atoms with Gasteiger partial charge >= 0.3 is 6.18 Å². The minimum Gasteiger partial charge on any atom is -0.392 e. The van der Waals surface area contributed by atoms with Crippen molar-refractivity contribution >= 4 is 11.8 Å². The minimum absolute atomic E-state index is 0.158. The summed E-state index contributed by atoms with van der Waals surface area (Å²) in [4.78, 5) is 0. The molecule has 0 unspecified atom stereocenters. The van der Waals surface area contributed by atoms with Crippen molar-refractivity contribution in [3.8, 4) is 0 Å². The number of alkyl halides is 3. The van der Waals surface area contributed by atoms with Crippen LogP contribution in [0.4, 0.5) is 13.2 Å². The summed E-state index contributed by atoms with van der Waals surface area (Å²) in [6, 6.07) is 0. The molecule has 0 atom stereocenters. The number of nitrogens with two attached hydrogens (primary N) is 1. The fourth-order valence-corrected chi connectivity index (χ4v) is 1.02. The van der Waals surface area contributed by atoms with Gasteiger partial charge in [-0.05, 0) is 6.42 Å². The highest BCUT2D eigenvalue weighted by molar-refractivity contribution is 8.03. The molecule has 3 N–H and O–H groups in total. The Bertz CT molecular complexity index is 168. The van der Waals surface area contributed by atoms with Crippen molar-refractivity contribution in [3.63, 3.8) is 0 Å². The van der Waals surface area contributed by atoms with Gasteiger partial charge in [0.1, 0.15) is 0 Å². The molecule has 0 aromatic heterocycles. The van der Waals surface area contributed by atoms with Crippen molar-refractivity contribution < 1.29 is 13.2 Å². The summed E-state index contributed by atoms with van der Waals surface area (Å²) in [5.74, 6) is -0.941. The van der Waals surface area contributed by atoms with Crippen LogP contribution in [0.25, 0.3) is 0 Å². The quantitative estimate of drug-likeness (QED) is 0.688. The molecule has 0 spiro atoms. The van der Waals surface area contributed by atoms with Crippen LogP contribution in [0.5, 0.6) is 0 Å². The van der Waals surface area contributed by atoms with Gasteiger partial charge in [0.25, 0.3) is 0 Å². The summed E-state index contributed by atoms with van der Waals surface area (Å²) in [5, 5.41) is 2.95. The Hall–Kier alpha value is -0.520. The average Bonchev–Trinajstić information content (AvgIpc) is 2.00. The summed E-state index contributed by atoms with van der Waals surface area (Å²) in [7, 11) is 0. The molecule has 0 saturated heterocycles. The molecule has 0 aromatic carbocycles. The van der Waals surface area contributed by atoms with Crippen molar-refractivity contribution in [2.24, 2.45) is 5.73 Å². The highest BCUT2D eigenvalue weighted by Crippen LogP contribution is 2.23. The van der Waals surface area contributed by atoms with Gasteiger partial charge in [-0.3, -0.25) is 0 Å². The third-order valence-electron chi connectivity index (χ3n) is 1.04. The zero-order valence-corrected chi connectivity index (χ0v) is 8.13. The molecule has 0 saturated carbocycles.